The van der Waals surface area contributed by atoms with Crippen LogP contribution < -0.4 is 9.47 Å². The van der Waals surface area contributed by atoms with Crippen molar-refractivity contribution in [3.05, 3.63) is 102 Å². The Morgan fingerprint density at radius 3 is 1.34 bits per heavy atom. The van der Waals surface area contributed by atoms with E-state index in [9.17, 15) is 0 Å². The molecule has 0 bridgehead atoms. The van der Waals surface area contributed by atoms with Crippen LogP contribution in [0.4, 0.5) is 0 Å². The summed E-state index contributed by atoms with van der Waals surface area (Å²) in [5, 5.41) is 0. The third kappa shape index (κ3) is 14.1. The molecular formula is C47H56Br4O8. The van der Waals surface area contributed by atoms with Crippen LogP contribution in [0, 0.1) is 0 Å². The summed E-state index contributed by atoms with van der Waals surface area (Å²) in [6.45, 7) is 14.7. The topological polar surface area (TPSA) is 80.4 Å². The number of ether oxygens (including phenoxy) is 8. The summed E-state index contributed by atoms with van der Waals surface area (Å²) < 4.78 is 51.1. The summed E-state index contributed by atoms with van der Waals surface area (Å²) >= 11 is 15.5. The van der Waals surface area contributed by atoms with E-state index in [4.69, 9.17) is 37.9 Å². The monoisotopic (exact) mass is 1060 g/mol. The van der Waals surface area contributed by atoms with Gasteiger partial charge >= 0.3 is 0 Å². The van der Waals surface area contributed by atoms with E-state index in [-0.39, 0.29) is 24.4 Å². The highest BCUT2D eigenvalue weighted by atomic mass is 79.9. The molecule has 320 valence electrons. The number of hydrogen-bond acceptors (Lipinski definition) is 8. The molecule has 0 radical (unpaired) electrons. The van der Waals surface area contributed by atoms with Crippen LogP contribution in [0.15, 0.2) is 90.7 Å². The first-order valence-corrected chi connectivity index (χ1v) is 23.8. The highest BCUT2D eigenvalue weighted by Crippen LogP contribution is 2.48. The zero-order chi connectivity index (χ0) is 41.8. The maximum atomic E-state index is 6.26. The molecule has 4 aromatic carbocycles. The Kier molecular flexibility index (Phi) is 18.2. The van der Waals surface area contributed by atoms with Crippen molar-refractivity contribution in [3.8, 4) is 33.8 Å². The highest BCUT2D eigenvalue weighted by Gasteiger charge is 2.32. The fraction of sp³-hybridized carbons (Fsp3) is 0.489. The smallest absolute Gasteiger partial charge is 0.119 e. The van der Waals surface area contributed by atoms with E-state index >= 15 is 0 Å². The molecule has 4 aromatic rings. The molecule has 4 unspecified atom stereocenters. The Morgan fingerprint density at radius 1 is 0.593 bits per heavy atom. The van der Waals surface area contributed by atoms with Gasteiger partial charge in [0, 0.05) is 47.6 Å². The standard InChI is InChI=1S/C47H56Br4O8/c1-5-7-17-52-23-37(56-27-39-29-58-39)25-54-35-13-9-31(10-14-35)45-41(19-33(48)21-43(45)50)47(3,4)42-20-34(49)22-44(51)46(42)32-11-15-36(16-12-32)55-26-38(24-53-18-8-6-2)57-28-40-30-59-40/h9-16,19-22,37-40H,5-8,17-18,23-30H2,1-4H3. The molecule has 0 N–H and O–H groups in total. The predicted molar refractivity (Wildman–Crippen MR) is 248 cm³/mol. The molecule has 2 fully saturated rings. The summed E-state index contributed by atoms with van der Waals surface area (Å²) in [7, 11) is 0. The van der Waals surface area contributed by atoms with Crippen molar-refractivity contribution >= 4 is 63.7 Å². The average molecular weight is 1070 g/mol. The Bertz CT molecular complexity index is 1780. The number of halogens is 4. The van der Waals surface area contributed by atoms with Crippen LogP contribution in [0.5, 0.6) is 11.5 Å². The second-order valence-corrected chi connectivity index (χ2v) is 19.1. The van der Waals surface area contributed by atoms with Crippen LogP contribution in [-0.2, 0) is 33.8 Å². The quantitative estimate of drug-likeness (QED) is 0.0454. The van der Waals surface area contributed by atoms with Gasteiger partial charge in [0.15, 0.2) is 0 Å². The average Bonchev–Trinajstić information content (AvgIpc) is 4.16. The van der Waals surface area contributed by atoms with E-state index < -0.39 is 5.41 Å². The summed E-state index contributed by atoms with van der Waals surface area (Å²) in [6.07, 6.45) is 4.25. The molecule has 4 atom stereocenters. The van der Waals surface area contributed by atoms with Crippen LogP contribution in [0.2, 0.25) is 0 Å². The molecule has 0 saturated carbocycles. The van der Waals surface area contributed by atoms with Crippen molar-refractivity contribution in [2.75, 3.05) is 66.1 Å². The third-order valence-electron chi connectivity index (χ3n) is 10.3. The van der Waals surface area contributed by atoms with Gasteiger partial charge in [0.05, 0.1) is 39.6 Å². The van der Waals surface area contributed by atoms with E-state index in [1.807, 2.05) is 24.3 Å². The van der Waals surface area contributed by atoms with Gasteiger partial charge in [0.25, 0.3) is 0 Å². The molecule has 2 aliphatic rings. The first kappa shape index (κ1) is 46.7. The lowest BCUT2D eigenvalue weighted by Crippen LogP contribution is -2.29. The van der Waals surface area contributed by atoms with Crippen molar-refractivity contribution < 1.29 is 37.9 Å². The molecule has 2 saturated heterocycles. The van der Waals surface area contributed by atoms with E-state index in [2.05, 4.69) is 140 Å². The van der Waals surface area contributed by atoms with Crippen LogP contribution in [0.25, 0.3) is 22.3 Å². The molecule has 2 aliphatic heterocycles. The van der Waals surface area contributed by atoms with Gasteiger partial charge in [-0.2, -0.15) is 0 Å². The Labute approximate surface area is 383 Å². The lowest BCUT2D eigenvalue weighted by atomic mass is 9.72. The SMILES string of the molecule is CCCCOCC(COc1ccc(-c2c(Br)cc(Br)cc2C(C)(C)c2cc(Br)cc(Br)c2-c2ccc(OCC(COCCCC)OCC3CO3)cc2)cc1)OCC1CO1. The van der Waals surface area contributed by atoms with Crippen LogP contribution >= 0.6 is 63.7 Å². The van der Waals surface area contributed by atoms with Crippen LogP contribution in [0.1, 0.15) is 64.5 Å². The summed E-state index contributed by atoms with van der Waals surface area (Å²) in [5.41, 5.74) is 6.20. The number of epoxide rings is 2. The minimum absolute atomic E-state index is 0.175. The first-order valence-electron chi connectivity index (χ1n) is 20.6. The van der Waals surface area contributed by atoms with Gasteiger partial charge in [-0.25, -0.2) is 0 Å². The van der Waals surface area contributed by atoms with Crippen molar-refractivity contribution in [3.63, 3.8) is 0 Å². The number of hydrogen-bond donors (Lipinski definition) is 0. The molecule has 8 nitrogen and oxygen atoms in total. The van der Waals surface area contributed by atoms with Crippen LogP contribution in [-0.4, -0.2) is 90.5 Å². The molecule has 12 heteroatoms. The number of unbranched alkanes of at least 4 members (excludes halogenated alkanes) is 2. The van der Waals surface area contributed by atoms with Gasteiger partial charge in [0.2, 0.25) is 0 Å². The molecule has 2 heterocycles. The highest BCUT2D eigenvalue weighted by molar-refractivity contribution is 9.11. The normalized spacial score (nSPS) is 17.2. The van der Waals surface area contributed by atoms with Gasteiger partial charge in [-0.1, -0.05) is 129 Å². The second-order valence-electron chi connectivity index (χ2n) is 15.6. The van der Waals surface area contributed by atoms with Crippen molar-refractivity contribution in [2.45, 2.75) is 83.2 Å². The molecule has 0 aliphatic carbocycles. The Balaban J connectivity index is 1.20. The van der Waals surface area contributed by atoms with E-state index in [0.29, 0.717) is 39.6 Å². The van der Waals surface area contributed by atoms with Gasteiger partial charge in [0.1, 0.15) is 49.1 Å². The number of rotatable bonds is 26. The molecular weight excluding hydrogens is 1010 g/mol. The first-order chi connectivity index (χ1) is 28.5. The minimum Gasteiger partial charge on any atom is -0.491 e. The van der Waals surface area contributed by atoms with Crippen LogP contribution in [0.3, 0.4) is 0 Å². The summed E-state index contributed by atoms with van der Waals surface area (Å²) in [5.74, 6) is 1.55. The Hall–Kier alpha value is -1.84. The molecule has 0 aromatic heterocycles. The molecule has 59 heavy (non-hydrogen) atoms. The van der Waals surface area contributed by atoms with Gasteiger partial charge in [-0.15, -0.1) is 0 Å². The fourth-order valence-corrected chi connectivity index (χ4v) is 9.61. The lowest BCUT2D eigenvalue weighted by molar-refractivity contribution is -0.0417. The van der Waals surface area contributed by atoms with Gasteiger partial charge < -0.3 is 37.9 Å². The fourth-order valence-electron chi connectivity index (χ4n) is 6.71. The zero-order valence-corrected chi connectivity index (χ0v) is 40.8. The van der Waals surface area contributed by atoms with Gasteiger partial charge in [-0.05, 0) is 83.6 Å². The van der Waals surface area contributed by atoms with E-state index in [0.717, 1.165) is 115 Å². The van der Waals surface area contributed by atoms with Crippen molar-refractivity contribution in [1.29, 1.82) is 0 Å². The summed E-state index contributed by atoms with van der Waals surface area (Å²) in [4.78, 5) is 0. The Morgan fingerprint density at radius 2 is 0.983 bits per heavy atom. The second kappa shape index (κ2) is 23.0. The zero-order valence-electron chi connectivity index (χ0n) is 34.4. The maximum Gasteiger partial charge on any atom is 0.119 e. The third-order valence-corrected chi connectivity index (χ3v) is 12.5. The maximum absolute atomic E-state index is 6.26. The van der Waals surface area contributed by atoms with E-state index in [1.54, 1.807) is 0 Å². The van der Waals surface area contributed by atoms with Crippen molar-refractivity contribution in [2.24, 2.45) is 0 Å². The minimum atomic E-state index is -0.463. The molecule has 0 spiro atoms. The summed E-state index contributed by atoms with van der Waals surface area (Å²) in [6, 6.07) is 25.3. The predicted octanol–water partition coefficient (Wildman–Crippen LogP) is 12.4. The lowest BCUT2D eigenvalue weighted by Gasteiger charge is -2.32. The van der Waals surface area contributed by atoms with Gasteiger partial charge in [-0.3, -0.25) is 0 Å². The molecule has 6 rings (SSSR count). The molecule has 0 amide bonds. The van der Waals surface area contributed by atoms with Crippen molar-refractivity contribution in [1.82, 2.24) is 0 Å². The largest absolute Gasteiger partial charge is 0.491 e. The van der Waals surface area contributed by atoms with E-state index in [1.165, 1.54) is 0 Å². The number of benzene rings is 4.